The molecule has 2 atom stereocenters. The first-order valence-electron chi connectivity index (χ1n) is 10.0. The third-order valence-electron chi connectivity index (χ3n) is 5.50. The molecule has 0 radical (unpaired) electrons. The molecular formula is C24H22N2O4. The van der Waals surface area contributed by atoms with Crippen LogP contribution in [0.4, 0.5) is 0 Å². The number of nitrogens with zero attached hydrogens (tertiary/aromatic N) is 2. The predicted octanol–water partition coefficient (Wildman–Crippen LogP) is 4.86. The monoisotopic (exact) mass is 402 g/mol. The lowest BCUT2D eigenvalue weighted by atomic mass is 9.99. The highest BCUT2D eigenvalue weighted by Crippen LogP contribution is 2.44. The maximum atomic E-state index is 9.88. The van der Waals surface area contributed by atoms with Gasteiger partial charge < -0.3 is 19.0 Å². The van der Waals surface area contributed by atoms with E-state index in [4.69, 9.17) is 13.9 Å². The van der Waals surface area contributed by atoms with Gasteiger partial charge in [-0.05, 0) is 30.5 Å². The van der Waals surface area contributed by atoms with Crippen LogP contribution in [0.1, 0.15) is 19.3 Å². The number of methoxy groups -OCH3 is 1. The van der Waals surface area contributed by atoms with Crippen LogP contribution in [0.15, 0.2) is 65.3 Å². The molecule has 2 heterocycles. The van der Waals surface area contributed by atoms with Gasteiger partial charge in [0.05, 0.1) is 13.2 Å². The smallest absolute Gasteiger partial charge is 0.234 e. The van der Waals surface area contributed by atoms with Crippen LogP contribution in [0.2, 0.25) is 0 Å². The Bertz CT molecular complexity index is 1160. The summed E-state index contributed by atoms with van der Waals surface area (Å²) in [6, 6.07) is 17.8. The third kappa shape index (κ3) is 3.39. The number of aromatic nitrogens is 2. The van der Waals surface area contributed by atoms with E-state index in [2.05, 4.69) is 9.97 Å². The van der Waals surface area contributed by atoms with Crippen molar-refractivity contribution >= 4 is 11.1 Å². The van der Waals surface area contributed by atoms with Gasteiger partial charge in [0, 0.05) is 17.5 Å². The Morgan fingerprint density at radius 2 is 1.77 bits per heavy atom. The first-order valence-corrected chi connectivity index (χ1v) is 10.0. The van der Waals surface area contributed by atoms with E-state index in [1.807, 2.05) is 54.6 Å². The van der Waals surface area contributed by atoms with E-state index in [9.17, 15) is 5.11 Å². The molecule has 1 fully saturated rings. The first-order chi connectivity index (χ1) is 14.7. The summed E-state index contributed by atoms with van der Waals surface area (Å²) in [6.07, 6.45) is 3.21. The van der Waals surface area contributed by atoms with Crippen molar-refractivity contribution in [3.63, 3.8) is 0 Å². The summed E-state index contributed by atoms with van der Waals surface area (Å²) in [5, 5.41) is 10.6. The summed E-state index contributed by atoms with van der Waals surface area (Å²) in [5.74, 6) is 1.98. The fourth-order valence-electron chi connectivity index (χ4n) is 4.00. The van der Waals surface area contributed by atoms with E-state index in [0.29, 0.717) is 23.8 Å². The summed E-state index contributed by atoms with van der Waals surface area (Å²) in [5.41, 5.74) is 3.26. The molecule has 6 nitrogen and oxygen atoms in total. The second-order valence-corrected chi connectivity index (χ2v) is 7.47. The van der Waals surface area contributed by atoms with Crippen LogP contribution < -0.4 is 9.47 Å². The molecule has 1 saturated carbocycles. The number of ether oxygens (including phenoxy) is 2. The van der Waals surface area contributed by atoms with Crippen LogP contribution in [-0.2, 0) is 0 Å². The Morgan fingerprint density at radius 1 is 0.967 bits per heavy atom. The topological polar surface area (TPSA) is 77.6 Å². The summed E-state index contributed by atoms with van der Waals surface area (Å²) in [7, 11) is 1.65. The Hall–Kier alpha value is -3.38. The molecule has 152 valence electrons. The van der Waals surface area contributed by atoms with Gasteiger partial charge in [0.15, 0.2) is 0 Å². The molecule has 4 aromatic rings. The van der Waals surface area contributed by atoms with Crippen molar-refractivity contribution in [1.82, 2.24) is 9.97 Å². The minimum Gasteiger partial charge on any atom is -0.497 e. The van der Waals surface area contributed by atoms with Crippen molar-refractivity contribution in [2.24, 2.45) is 0 Å². The number of furan rings is 1. The summed E-state index contributed by atoms with van der Waals surface area (Å²) in [6.45, 7) is 0. The van der Waals surface area contributed by atoms with Crippen molar-refractivity contribution in [2.45, 2.75) is 31.5 Å². The van der Waals surface area contributed by atoms with Crippen molar-refractivity contribution < 1.29 is 19.0 Å². The molecule has 0 aliphatic heterocycles. The zero-order valence-corrected chi connectivity index (χ0v) is 16.6. The minimum absolute atomic E-state index is 0.0723. The highest BCUT2D eigenvalue weighted by atomic mass is 16.5. The lowest BCUT2D eigenvalue weighted by Crippen LogP contribution is -2.14. The van der Waals surface area contributed by atoms with Crippen LogP contribution in [0, 0.1) is 0 Å². The molecule has 5 rings (SSSR count). The molecule has 0 bridgehead atoms. The fraction of sp³-hybridized carbons (Fsp3) is 0.250. The van der Waals surface area contributed by atoms with Gasteiger partial charge in [-0.2, -0.15) is 0 Å². The fourth-order valence-corrected chi connectivity index (χ4v) is 4.00. The van der Waals surface area contributed by atoms with Crippen LogP contribution in [0.5, 0.6) is 11.6 Å². The lowest BCUT2D eigenvalue weighted by molar-refractivity contribution is 0.148. The van der Waals surface area contributed by atoms with Gasteiger partial charge in [-0.1, -0.05) is 42.5 Å². The Morgan fingerprint density at radius 3 is 2.47 bits per heavy atom. The first kappa shape index (κ1) is 18.6. The second-order valence-electron chi connectivity index (χ2n) is 7.47. The molecule has 0 saturated heterocycles. The van der Waals surface area contributed by atoms with Gasteiger partial charge in [0.1, 0.15) is 29.3 Å². The number of fused-ring (bicyclic) bond motifs is 1. The van der Waals surface area contributed by atoms with Crippen LogP contribution in [0.25, 0.3) is 33.6 Å². The number of rotatable bonds is 5. The third-order valence-corrected chi connectivity index (χ3v) is 5.50. The SMILES string of the molecule is COc1ccc(-c2c(-c3ccccc3)oc3ncnc(OC4CCC(O)C4)c23)cc1. The average molecular weight is 402 g/mol. The van der Waals surface area contributed by atoms with Gasteiger partial charge in [0.2, 0.25) is 11.6 Å². The number of hydrogen-bond acceptors (Lipinski definition) is 6. The van der Waals surface area contributed by atoms with Gasteiger partial charge in [-0.25, -0.2) is 9.97 Å². The van der Waals surface area contributed by atoms with E-state index in [1.165, 1.54) is 6.33 Å². The van der Waals surface area contributed by atoms with E-state index in [1.54, 1.807) is 7.11 Å². The highest BCUT2D eigenvalue weighted by molar-refractivity contribution is 6.03. The van der Waals surface area contributed by atoms with E-state index < -0.39 is 0 Å². The predicted molar refractivity (Wildman–Crippen MR) is 114 cm³/mol. The molecule has 2 aromatic carbocycles. The molecule has 6 heteroatoms. The number of aliphatic hydroxyl groups is 1. The lowest BCUT2D eigenvalue weighted by Gasteiger charge is -2.13. The molecule has 1 aliphatic carbocycles. The molecule has 2 aromatic heterocycles. The van der Waals surface area contributed by atoms with E-state index in [-0.39, 0.29) is 12.2 Å². The number of aliphatic hydroxyl groups excluding tert-OH is 1. The second kappa shape index (κ2) is 7.80. The number of benzene rings is 2. The van der Waals surface area contributed by atoms with Crippen LogP contribution in [0.3, 0.4) is 0 Å². The highest BCUT2D eigenvalue weighted by Gasteiger charge is 2.28. The standard InChI is InChI=1S/C24H22N2O4/c1-28-18-10-7-15(8-11-18)20-21-23(29-19-12-9-17(27)13-19)25-14-26-24(21)30-22(20)16-5-3-2-4-6-16/h2-8,10-11,14,17,19,27H,9,12-13H2,1H3. The Balaban J connectivity index is 1.70. The maximum Gasteiger partial charge on any atom is 0.234 e. The molecule has 0 spiro atoms. The van der Waals surface area contributed by atoms with Crippen molar-refractivity contribution in [2.75, 3.05) is 7.11 Å². The summed E-state index contributed by atoms with van der Waals surface area (Å²) >= 11 is 0. The van der Waals surface area contributed by atoms with Gasteiger partial charge in [0.25, 0.3) is 0 Å². The molecule has 0 amide bonds. The van der Waals surface area contributed by atoms with Crippen molar-refractivity contribution in [3.8, 4) is 34.1 Å². The molecule has 1 aliphatic rings. The zero-order chi connectivity index (χ0) is 20.5. The molecule has 30 heavy (non-hydrogen) atoms. The van der Waals surface area contributed by atoms with Crippen molar-refractivity contribution in [1.29, 1.82) is 0 Å². The Labute approximate surface area is 174 Å². The van der Waals surface area contributed by atoms with Gasteiger partial charge in [-0.15, -0.1) is 0 Å². The number of hydrogen-bond donors (Lipinski definition) is 1. The summed E-state index contributed by atoms with van der Waals surface area (Å²) < 4.78 is 17.7. The maximum absolute atomic E-state index is 9.88. The molecular weight excluding hydrogens is 380 g/mol. The van der Waals surface area contributed by atoms with Gasteiger partial charge >= 0.3 is 0 Å². The quantitative estimate of drug-likeness (QED) is 0.514. The van der Waals surface area contributed by atoms with Crippen LogP contribution >= 0.6 is 0 Å². The average Bonchev–Trinajstić information content (AvgIpc) is 3.38. The Kier molecular flexibility index (Phi) is 4.85. The molecule has 2 unspecified atom stereocenters. The zero-order valence-electron chi connectivity index (χ0n) is 16.6. The minimum atomic E-state index is -0.322. The van der Waals surface area contributed by atoms with E-state index in [0.717, 1.165) is 40.7 Å². The van der Waals surface area contributed by atoms with Gasteiger partial charge in [-0.3, -0.25) is 0 Å². The summed E-state index contributed by atoms with van der Waals surface area (Å²) in [4.78, 5) is 8.79. The van der Waals surface area contributed by atoms with E-state index >= 15 is 0 Å². The van der Waals surface area contributed by atoms with Crippen molar-refractivity contribution in [3.05, 3.63) is 60.9 Å². The normalized spacial score (nSPS) is 18.6. The van der Waals surface area contributed by atoms with Crippen LogP contribution in [-0.4, -0.2) is 34.4 Å². The molecule has 1 N–H and O–H groups in total. The largest absolute Gasteiger partial charge is 0.497 e.